The lowest BCUT2D eigenvalue weighted by molar-refractivity contribution is -0.384. The molecule has 0 aliphatic carbocycles. The SMILES string of the molecule is COC(=O)C1=C(C)Nc2[nH]c(=O)[nH]c(=O)c2[C@@H]1c1ccc([N+](=O)[O-])cc1. The molecule has 1 atom stereocenters. The highest BCUT2D eigenvalue weighted by Crippen LogP contribution is 2.39. The monoisotopic (exact) mass is 358 g/mol. The number of rotatable bonds is 3. The topological polar surface area (TPSA) is 147 Å². The summed E-state index contributed by atoms with van der Waals surface area (Å²) in [5.41, 5.74) is -0.342. The van der Waals surface area contributed by atoms with E-state index in [2.05, 4.69) is 15.3 Å². The number of methoxy groups -OCH3 is 1. The maximum atomic E-state index is 12.4. The summed E-state index contributed by atoms with van der Waals surface area (Å²) in [6, 6.07) is 5.47. The second kappa shape index (κ2) is 6.31. The molecule has 2 aromatic rings. The quantitative estimate of drug-likeness (QED) is 0.421. The Bertz CT molecular complexity index is 1050. The van der Waals surface area contributed by atoms with Gasteiger partial charge in [0, 0.05) is 17.8 Å². The largest absolute Gasteiger partial charge is 0.466 e. The summed E-state index contributed by atoms with van der Waals surface area (Å²) >= 11 is 0. The maximum absolute atomic E-state index is 12.4. The van der Waals surface area contributed by atoms with Crippen molar-refractivity contribution in [3.63, 3.8) is 0 Å². The molecule has 1 aromatic carbocycles. The fourth-order valence-electron chi connectivity index (χ4n) is 2.99. The second-order valence-electron chi connectivity index (χ2n) is 5.63. The molecule has 0 bridgehead atoms. The van der Waals surface area contributed by atoms with Crippen molar-refractivity contribution in [1.82, 2.24) is 9.97 Å². The first-order chi connectivity index (χ1) is 12.3. The molecule has 0 fully saturated rings. The van der Waals surface area contributed by atoms with Gasteiger partial charge in [-0.1, -0.05) is 12.1 Å². The summed E-state index contributed by atoms with van der Waals surface area (Å²) in [5.74, 6) is -1.36. The number of ether oxygens (including phenoxy) is 1. The van der Waals surface area contributed by atoms with Crippen molar-refractivity contribution in [1.29, 1.82) is 0 Å². The number of benzene rings is 1. The third-order valence-corrected chi connectivity index (χ3v) is 4.12. The Morgan fingerprint density at radius 2 is 1.85 bits per heavy atom. The van der Waals surface area contributed by atoms with Crippen LogP contribution in [0.2, 0.25) is 0 Å². The van der Waals surface area contributed by atoms with Gasteiger partial charge in [-0.05, 0) is 12.5 Å². The van der Waals surface area contributed by atoms with Gasteiger partial charge < -0.3 is 10.1 Å². The van der Waals surface area contributed by atoms with Crippen molar-refractivity contribution in [3.8, 4) is 0 Å². The van der Waals surface area contributed by atoms with E-state index in [0.717, 1.165) is 0 Å². The summed E-state index contributed by atoms with van der Waals surface area (Å²) in [6.07, 6.45) is 0. The molecule has 0 radical (unpaired) electrons. The average molecular weight is 358 g/mol. The van der Waals surface area contributed by atoms with Crippen LogP contribution in [-0.4, -0.2) is 28.0 Å². The molecule has 2 heterocycles. The standard InChI is InChI=1S/C16H14N4O6/c1-7-10(15(22)26-2)11(8-3-5-9(6-4-8)20(24)25)12-13(17-7)18-16(23)19-14(12)21/h3-6,11H,1-2H3,(H3,17,18,19,21,23)/t11-/m1/s1. The minimum atomic E-state index is -0.861. The number of nitro groups is 1. The number of non-ortho nitro benzene ring substituents is 1. The zero-order valence-corrected chi connectivity index (χ0v) is 13.8. The predicted octanol–water partition coefficient (Wildman–Crippen LogP) is 0.976. The molecule has 0 unspecified atom stereocenters. The maximum Gasteiger partial charge on any atom is 0.336 e. The van der Waals surface area contributed by atoms with Gasteiger partial charge in [0.15, 0.2) is 0 Å². The number of hydrogen-bond acceptors (Lipinski definition) is 7. The number of aromatic amines is 2. The first-order valence-electron chi connectivity index (χ1n) is 7.50. The van der Waals surface area contributed by atoms with E-state index in [-0.39, 0.29) is 22.6 Å². The van der Waals surface area contributed by atoms with Crippen LogP contribution < -0.4 is 16.6 Å². The number of hydrogen-bond donors (Lipinski definition) is 3. The van der Waals surface area contributed by atoms with Crippen LogP contribution in [0.5, 0.6) is 0 Å². The van der Waals surface area contributed by atoms with Crippen LogP contribution in [-0.2, 0) is 9.53 Å². The molecular weight excluding hydrogens is 344 g/mol. The van der Waals surface area contributed by atoms with Crippen molar-refractivity contribution in [2.75, 3.05) is 12.4 Å². The molecule has 0 saturated carbocycles. The molecule has 1 aromatic heterocycles. The van der Waals surface area contributed by atoms with Crippen LogP contribution in [0.3, 0.4) is 0 Å². The van der Waals surface area contributed by atoms with Crippen LogP contribution in [0.15, 0.2) is 45.1 Å². The van der Waals surface area contributed by atoms with Crippen molar-refractivity contribution < 1.29 is 14.5 Å². The number of nitrogens with zero attached hydrogens (tertiary/aromatic N) is 1. The number of aromatic nitrogens is 2. The summed E-state index contributed by atoms with van der Waals surface area (Å²) in [7, 11) is 1.21. The number of nitrogens with one attached hydrogen (secondary N) is 3. The van der Waals surface area contributed by atoms with Gasteiger partial charge >= 0.3 is 11.7 Å². The number of anilines is 1. The third-order valence-electron chi connectivity index (χ3n) is 4.12. The summed E-state index contributed by atoms with van der Waals surface area (Å²) in [4.78, 5) is 51.2. The number of fused-ring (bicyclic) bond motifs is 1. The van der Waals surface area contributed by atoms with Gasteiger partial charge in [-0.15, -0.1) is 0 Å². The molecule has 10 heteroatoms. The highest BCUT2D eigenvalue weighted by atomic mass is 16.6. The fourth-order valence-corrected chi connectivity index (χ4v) is 2.99. The molecule has 3 N–H and O–H groups in total. The summed E-state index contributed by atoms with van der Waals surface area (Å²) < 4.78 is 4.82. The minimum absolute atomic E-state index is 0.115. The summed E-state index contributed by atoms with van der Waals surface area (Å²) in [6.45, 7) is 1.60. The van der Waals surface area contributed by atoms with Crippen molar-refractivity contribution in [3.05, 3.63) is 77.6 Å². The predicted molar refractivity (Wildman–Crippen MR) is 91.0 cm³/mol. The van der Waals surface area contributed by atoms with Gasteiger partial charge in [-0.3, -0.25) is 24.9 Å². The smallest absolute Gasteiger partial charge is 0.336 e. The van der Waals surface area contributed by atoms with Crippen LogP contribution in [0.1, 0.15) is 24.0 Å². The molecule has 0 spiro atoms. The van der Waals surface area contributed by atoms with Gasteiger partial charge in [0.05, 0.1) is 29.1 Å². The van der Waals surface area contributed by atoms with Crippen LogP contribution in [0.4, 0.5) is 11.5 Å². The lowest BCUT2D eigenvalue weighted by atomic mass is 9.82. The average Bonchev–Trinajstić information content (AvgIpc) is 2.59. The first kappa shape index (κ1) is 17.1. The minimum Gasteiger partial charge on any atom is -0.466 e. The summed E-state index contributed by atoms with van der Waals surface area (Å²) in [5, 5.41) is 13.7. The Hall–Kier alpha value is -3.69. The van der Waals surface area contributed by atoms with Gasteiger partial charge in [-0.2, -0.15) is 0 Å². The van der Waals surface area contributed by atoms with Gasteiger partial charge in [0.1, 0.15) is 5.82 Å². The van der Waals surface area contributed by atoms with Crippen molar-refractivity contribution in [2.24, 2.45) is 0 Å². The fraction of sp³-hybridized carbons (Fsp3) is 0.188. The molecule has 3 rings (SSSR count). The van der Waals surface area contributed by atoms with Crippen LogP contribution in [0.25, 0.3) is 0 Å². The second-order valence-corrected chi connectivity index (χ2v) is 5.63. The zero-order chi connectivity index (χ0) is 19.0. The number of carbonyl (C=O) groups excluding carboxylic acids is 1. The number of esters is 1. The van der Waals surface area contributed by atoms with E-state index in [1.807, 2.05) is 0 Å². The van der Waals surface area contributed by atoms with Crippen LogP contribution in [0, 0.1) is 10.1 Å². The highest BCUT2D eigenvalue weighted by Gasteiger charge is 2.35. The van der Waals surface area contributed by atoms with Gasteiger partial charge in [0.25, 0.3) is 11.2 Å². The van der Waals surface area contributed by atoms with Crippen molar-refractivity contribution in [2.45, 2.75) is 12.8 Å². The van der Waals surface area contributed by atoms with E-state index in [4.69, 9.17) is 4.74 Å². The van der Waals surface area contributed by atoms with E-state index in [1.165, 1.54) is 31.4 Å². The molecule has 0 amide bonds. The van der Waals surface area contributed by atoms with E-state index < -0.39 is 28.1 Å². The third kappa shape index (κ3) is 2.77. The molecular formula is C16H14N4O6. The Morgan fingerprint density at radius 3 is 2.42 bits per heavy atom. The van der Waals surface area contributed by atoms with Crippen molar-refractivity contribution >= 4 is 17.5 Å². The number of H-pyrrole nitrogens is 2. The molecule has 0 saturated heterocycles. The number of nitro benzene ring substituents is 1. The highest BCUT2D eigenvalue weighted by molar-refractivity contribution is 5.94. The molecule has 1 aliphatic heterocycles. The van der Waals surface area contributed by atoms with Gasteiger partial charge in [0.2, 0.25) is 0 Å². The van der Waals surface area contributed by atoms with E-state index >= 15 is 0 Å². The Morgan fingerprint density at radius 1 is 1.19 bits per heavy atom. The normalized spacial score (nSPS) is 15.8. The van der Waals surface area contributed by atoms with E-state index in [1.54, 1.807) is 6.92 Å². The lowest BCUT2D eigenvalue weighted by Crippen LogP contribution is -2.34. The Balaban J connectivity index is 2.27. The Kier molecular flexibility index (Phi) is 4.16. The molecule has 10 nitrogen and oxygen atoms in total. The zero-order valence-electron chi connectivity index (χ0n) is 13.8. The van der Waals surface area contributed by atoms with E-state index in [0.29, 0.717) is 11.3 Å². The number of carbonyl (C=O) groups is 1. The first-order valence-corrected chi connectivity index (χ1v) is 7.50. The molecule has 134 valence electrons. The number of allylic oxidation sites excluding steroid dienone is 1. The lowest BCUT2D eigenvalue weighted by Gasteiger charge is -2.28. The molecule has 1 aliphatic rings. The molecule has 26 heavy (non-hydrogen) atoms. The van der Waals surface area contributed by atoms with Gasteiger partial charge in [-0.25, -0.2) is 9.59 Å². The van der Waals surface area contributed by atoms with E-state index in [9.17, 15) is 24.5 Å². The van der Waals surface area contributed by atoms with Crippen LogP contribution >= 0.6 is 0 Å². The Labute approximate surface area is 145 Å².